The van der Waals surface area contributed by atoms with Crippen molar-refractivity contribution in [2.24, 2.45) is 5.73 Å². The summed E-state index contributed by atoms with van der Waals surface area (Å²) in [6.07, 6.45) is 3.29. The number of rotatable bonds is 5. The van der Waals surface area contributed by atoms with Crippen molar-refractivity contribution in [1.82, 2.24) is 4.98 Å². The van der Waals surface area contributed by atoms with Crippen LogP contribution < -0.4 is 5.73 Å². The standard InChI is InChI=1S/C13H16N2O2/c14-10(5-6-13(16)17)7-9-8-15-12-4-2-1-3-11(9)12/h1-4,8,10,15H,5-7,14H2,(H,16,17). The van der Waals surface area contributed by atoms with Crippen LogP contribution in [0.2, 0.25) is 0 Å². The van der Waals surface area contributed by atoms with Crippen molar-refractivity contribution in [3.05, 3.63) is 36.0 Å². The van der Waals surface area contributed by atoms with Gasteiger partial charge in [-0.3, -0.25) is 4.79 Å². The number of H-pyrrole nitrogens is 1. The first-order chi connectivity index (χ1) is 8.16. The van der Waals surface area contributed by atoms with Gasteiger partial charge in [0.05, 0.1) is 0 Å². The van der Waals surface area contributed by atoms with Gasteiger partial charge in [-0.15, -0.1) is 0 Å². The van der Waals surface area contributed by atoms with Gasteiger partial charge in [0.25, 0.3) is 0 Å². The number of fused-ring (bicyclic) bond motifs is 1. The van der Waals surface area contributed by atoms with Crippen molar-refractivity contribution in [1.29, 1.82) is 0 Å². The number of benzene rings is 1. The number of carboxylic acid groups (broad SMARTS) is 1. The fraction of sp³-hybridized carbons (Fsp3) is 0.308. The molecule has 0 spiro atoms. The van der Waals surface area contributed by atoms with E-state index in [1.807, 2.05) is 30.5 Å². The summed E-state index contributed by atoms with van der Waals surface area (Å²) in [4.78, 5) is 13.6. The molecule has 0 aliphatic heterocycles. The van der Waals surface area contributed by atoms with Gasteiger partial charge >= 0.3 is 5.97 Å². The molecule has 1 aromatic carbocycles. The number of hydrogen-bond acceptors (Lipinski definition) is 2. The van der Waals surface area contributed by atoms with Crippen molar-refractivity contribution < 1.29 is 9.90 Å². The molecule has 17 heavy (non-hydrogen) atoms. The highest BCUT2D eigenvalue weighted by Crippen LogP contribution is 2.19. The van der Waals surface area contributed by atoms with Crippen LogP contribution in [0.4, 0.5) is 0 Å². The minimum Gasteiger partial charge on any atom is -0.481 e. The Morgan fingerprint density at radius 2 is 2.18 bits per heavy atom. The molecular weight excluding hydrogens is 216 g/mol. The minimum absolute atomic E-state index is 0.106. The van der Waals surface area contributed by atoms with Crippen LogP contribution in [0.3, 0.4) is 0 Å². The first-order valence-electron chi connectivity index (χ1n) is 5.69. The summed E-state index contributed by atoms with van der Waals surface area (Å²) in [6, 6.07) is 7.92. The number of aromatic nitrogens is 1. The molecule has 1 heterocycles. The Hall–Kier alpha value is -1.81. The van der Waals surface area contributed by atoms with Gasteiger partial charge < -0.3 is 15.8 Å². The van der Waals surface area contributed by atoms with Crippen LogP contribution in [0.15, 0.2) is 30.5 Å². The van der Waals surface area contributed by atoms with E-state index in [1.54, 1.807) is 0 Å². The number of carbonyl (C=O) groups is 1. The third-order valence-electron chi connectivity index (χ3n) is 2.89. The lowest BCUT2D eigenvalue weighted by Crippen LogP contribution is -2.23. The van der Waals surface area contributed by atoms with E-state index in [2.05, 4.69) is 4.98 Å². The average Bonchev–Trinajstić information content (AvgIpc) is 2.70. The fourth-order valence-electron chi connectivity index (χ4n) is 1.99. The largest absolute Gasteiger partial charge is 0.481 e. The van der Waals surface area contributed by atoms with Gasteiger partial charge in [0.2, 0.25) is 0 Å². The zero-order chi connectivity index (χ0) is 12.3. The molecule has 0 aliphatic carbocycles. The first-order valence-corrected chi connectivity index (χ1v) is 5.69. The van der Waals surface area contributed by atoms with Crippen LogP contribution in [0.25, 0.3) is 10.9 Å². The van der Waals surface area contributed by atoms with Crippen molar-refractivity contribution in [3.8, 4) is 0 Å². The maximum absolute atomic E-state index is 10.5. The highest BCUT2D eigenvalue weighted by atomic mass is 16.4. The second-order valence-corrected chi connectivity index (χ2v) is 4.26. The van der Waals surface area contributed by atoms with Gasteiger partial charge in [-0.2, -0.15) is 0 Å². The lowest BCUT2D eigenvalue weighted by Gasteiger charge is -2.09. The predicted octanol–water partition coefficient (Wildman–Crippen LogP) is 1.90. The summed E-state index contributed by atoms with van der Waals surface area (Å²) in [5, 5.41) is 9.76. The molecule has 4 heteroatoms. The molecule has 0 aliphatic rings. The van der Waals surface area contributed by atoms with E-state index >= 15 is 0 Å². The zero-order valence-corrected chi connectivity index (χ0v) is 9.52. The number of para-hydroxylation sites is 1. The summed E-state index contributed by atoms with van der Waals surface area (Å²) >= 11 is 0. The van der Waals surface area contributed by atoms with Gasteiger partial charge in [0.15, 0.2) is 0 Å². The Balaban J connectivity index is 2.05. The molecule has 1 unspecified atom stereocenters. The monoisotopic (exact) mass is 232 g/mol. The number of aromatic amines is 1. The Morgan fingerprint density at radius 3 is 2.94 bits per heavy atom. The van der Waals surface area contributed by atoms with Crippen LogP contribution in [0.1, 0.15) is 18.4 Å². The van der Waals surface area contributed by atoms with Crippen LogP contribution in [-0.4, -0.2) is 22.1 Å². The van der Waals surface area contributed by atoms with E-state index in [-0.39, 0.29) is 12.5 Å². The van der Waals surface area contributed by atoms with Gasteiger partial charge in [0.1, 0.15) is 0 Å². The fourth-order valence-corrected chi connectivity index (χ4v) is 1.99. The molecule has 1 atom stereocenters. The molecule has 90 valence electrons. The molecule has 4 nitrogen and oxygen atoms in total. The van der Waals surface area contributed by atoms with Crippen LogP contribution in [0, 0.1) is 0 Å². The van der Waals surface area contributed by atoms with E-state index in [0.717, 1.165) is 11.1 Å². The summed E-state index contributed by atoms with van der Waals surface area (Å²) in [6.45, 7) is 0. The summed E-state index contributed by atoms with van der Waals surface area (Å²) in [5.41, 5.74) is 8.17. The quantitative estimate of drug-likeness (QED) is 0.736. The van der Waals surface area contributed by atoms with E-state index in [9.17, 15) is 4.79 Å². The van der Waals surface area contributed by atoms with E-state index < -0.39 is 5.97 Å². The number of nitrogens with one attached hydrogen (secondary N) is 1. The number of carboxylic acids is 1. The second-order valence-electron chi connectivity index (χ2n) is 4.26. The molecule has 2 rings (SSSR count). The van der Waals surface area contributed by atoms with Crippen LogP contribution >= 0.6 is 0 Å². The Morgan fingerprint density at radius 1 is 1.41 bits per heavy atom. The lowest BCUT2D eigenvalue weighted by molar-refractivity contribution is -0.137. The van der Waals surface area contributed by atoms with Crippen LogP contribution in [-0.2, 0) is 11.2 Å². The molecule has 0 bridgehead atoms. The smallest absolute Gasteiger partial charge is 0.303 e. The first kappa shape index (κ1) is 11.7. The molecular formula is C13H16N2O2. The van der Waals surface area contributed by atoms with E-state index in [0.29, 0.717) is 12.8 Å². The van der Waals surface area contributed by atoms with E-state index in [1.165, 1.54) is 5.39 Å². The molecule has 0 radical (unpaired) electrons. The van der Waals surface area contributed by atoms with Gasteiger partial charge in [0, 0.05) is 29.6 Å². The Bertz CT molecular complexity index is 519. The lowest BCUT2D eigenvalue weighted by atomic mass is 10.0. The van der Waals surface area contributed by atoms with Gasteiger partial charge in [-0.25, -0.2) is 0 Å². The average molecular weight is 232 g/mol. The predicted molar refractivity (Wildman–Crippen MR) is 66.8 cm³/mol. The van der Waals surface area contributed by atoms with Crippen molar-refractivity contribution in [2.75, 3.05) is 0 Å². The van der Waals surface area contributed by atoms with Gasteiger partial charge in [-0.05, 0) is 24.5 Å². The number of nitrogens with two attached hydrogens (primary N) is 1. The SMILES string of the molecule is NC(CCC(=O)O)Cc1c[nH]c2ccccc12. The summed E-state index contributed by atoms with van der Waals surface area (Å²) in [7, 11) is 0. The van der Waals surface area contributed by atoms with Crippen LogP contribution in [0.5, 0.6) is 0 Å². The molecule has 0 fully saturated rings. The number of hydrogen-bond donors (Lipinski definition) is 3. The topological polar surface area (TPSA) is 79.1 Å². The maximum Gasteiger partial charge on any atom is 0.303 e. The van der Waals surface area contributed by atoms with Crippen molar-refractivity contribution in [2.45, 2.75) is 25.3 Å². The molecule has 4 N–H and O–H groups in total. The molecule has 2 aromatic rings. The Kier molecular flexibility index (Phi) is 3.44. The molecule has 0 amide bonds. The second kappa shape index (κ2) is 5.01. The highest BCUT2D eigenvalue weighted by molar-refractivity contribution is 5.83. The summed E-state index contributed by atoms with van der Waals surface area (Å²) < 4.78 is 0. The highest BCUT2D eigenvalue weighted by Gasteiger charge is 2.10. The van der Waals surface area contributed by atoms with Gasteiger partial charge in [-0.1, -0.05) is 18.2 Å². The third kappa shape index (κ3) is 2.85. The molecule has 0 saturated carbocycles. The zero-order valence-electron chi connectivity index (χ0n) is 9.52. The third-order valence-corrected chi connectivity index (χ3v) is 2.89. The van der Waals surface area contributed by atoms with Crippen molar-refractivity contribution >= 4 is 16.9 Å². The minimum atomic E-state index is -0.792. The molecule has 1 aromatic heterocycles. The van der Waals surface area contributed by atoms with Crippen molar-refractivity contribution in [3.63, 3.8) is 0 Å². The van der Waals surface area contributed by atoms with E-state index in [4.69, 9.17) is 10.8 Å². The summed E-state index contributed by atoms with van der Waals surface area (Å²) in [5.74, 6) is -0.792. The molecule has 0 saturated heterocycles. The normalized spacial score (nSPS) is 12.8. The maximum atomic E-state index is 10.5. The number of aliphatic carboxylic acids is 1. The Labute approximate surface area is 99.4 Å².